The van der Waals surface area contributed by atoms with Gasteiger partial charge >= 0.3 is 5.97 Å². The second-order valence-electron chi connectivity index (χ2n) is 3.99. The molecule has 0 saturated heterocycles. The lowest BCUT2D eigenvalue weighted by Crippen LogP contribution is -2.12. The molecule has 0 amide bonds. The standard InChI is InChI=1S/C12H14N4O3/c1-19-10-4-2-9(3-5-10)6-7-16-11(8-12(17)18)13-14-15-16/h2-5H,6-8H2,1H3,(H,17,18). The van der Waals surface area contributed by atoms with Crippen LogP contribution in [0.5, 0.6) is 5.75 Å². The number of hydrogen-bond acceptors (Lipinski definition) is 5. The average Bonchev–Trinajstić information content (AvgIpc) is 2.83. The van der Waals surface area contributed by atoms with Crippen LogP contribution in [0.3, 0.4) is 0 Å². The fraction of sp³-hybridized carbons (Fsp3) is 0.333. The number of benzene rings is 1. The molecule has 0 aliphatic carbocycles. The van der Waals surface area contributed by atoms with Crippen LogP contribution in [0.2, 0.25) is 0 Å². The van der Waals surface area contributed by atoms with Gasteiger partial charge in [0, 0.05) is 6.54 Å². The lowest BCUT2D eigenvalue weighted by atomic mass is 10.1. The number of carboxylic acids is 1. The summed E-state index contributed by atoms with van der Waals surface area (Å²) in [6, 6.07) is 7.68. The van der Waals surface area contributed by atoms with Gasteiger partial charge in [-0.3, -0.25) is 4.79 Å². The molecule has 1 aromatic carbocycles. The number of nitrogens with zero attached hydrogens (tertiary/aromatic N) is 4. The number of rotatable bonds is 6. The van der Waals surface area contributed by atoms with Crippen LogP contribution in [0.25, 0.3) is 0 Å². The van der Waals surface area contributed by atoms with E-state index in [4.69, 9.17) is 9.84 Å². The van der Waals surface area contributed by atoms with E-state index in [2.05, 4.69) is 15.5 Å². The second kappa shape index (κ2) is 5.94. The third-order valence-corrected chi connectivity index (χ3v) is 2.69. The van der Waals surface area contributed by atoms with E-state index in [0.29, 0.717) is 12.4 Å². The van der Waals surface area contributed by atoms with Gasteiger partial charge in [0.05, 0.1) is 7.11 Å². The molecule has 2 rings (SSSR count). The number of aliphatic carboxylic acids is 1. The molecule has 0 aliphatic rings. The number of carbonyl (C=O) groups is 1. The first-order valence-corrected chi connectivity index (χ1v) is 5.79. The van der Waals surface area contributed by atoms with E-state index in [-0.39, 0.29) is 6.42 Å². The van der Waals surface area contributed by atoms with Gasteiger partial charge < -0.3 is 9.84 Å². The van der Waals surface area contributed by atoms with Gasteiger partial charge in [0.15, 0.2) is 5.82 Å². The van der Waals surface area contributed by atoms with Crippen LogP contribution in [-0.4, -0.2) is 38.4 Å². The Kier molecular flexibility index (Phi) is 4.07. The maximum absolute atomic E-state index is 10.6. The molecule has 0 saturated carbocycles. The predicted octanol–water partition coefficient (Wildman–Crippen LogP) is 0.551. The van der Waals surface area contributed by atoms with Crippen molar-refractivity contribution < 1.29 is 14.6 Å². The van der Waals surface area contributed by atoms with Crippen LogP contribution in [0.4, 0.5) is 0 Å². The fourth-order valence-corrected chi connectivity index (χ4v) is 1.69. The molecule has 100 valence electrons. The lowest BCUT2D eigenvalue weighted by molar-refractivity contribution is -0.136. The van der Waals surface area contributed by atoms with Gasteiger partial charge in [-0.25, -0.2) is 4.68 Å². The second-order valence-corrected chi connectivity index (χ2v) is 3.99. The summed E-state index contributed by atoms with van der Waals surface area (Å²) in [4.78, 5) is 10.6. The minimum atomic E-state index is -0.944. The van der Waals surface area contributed by atoms with Crippen LogP contribution < -0.4 is 4.74 Å². The first kappa shape index (κ1) is 13.0. The maximum Gasteiger partial charge on any atom is 0.311 e. The quantitative estimate of drug-likeness (QED) is 0.817. The molecule has 0 fully saturated rings. The Morgan fingerprint density at radius 2 is 2.11 bits per heavy atom. The van der Waals surface area contributed by atoms with Gasteiger partial charge in [-0.15, -0.1) is 5.10 Å². The smallest absolute Gasteiger partial charge is 0.311 e. The van der Waals surface area contributed by atoms with Gasteiger partial charge in [-0.2, -0.15) is 0 Å². The van der Waals surface area contributed by atoms with Crippen molar-refractivity contribution in [3.63, 3.8) is 0 Å². The molecule has 0 bridgehead atoms. The zero-order valence-electron chi connectivity index (χ0n) is 10.5. The molecule has 1 heterocycles. The highest BCUT2D eigenvalue weighted by atomic mass is 16.5. The van der Waals surface area contributed by atoms with E-state index >= 15 is 0 Å². The number of methoxy groups -OCH3 is 1. The number of aromatic nitrogens is 4. The highest BCUT2D eigenvalue weighted by molar-refractivity contribution is 5.68. The van der Waals surface area contributed by atoms with Gasteiger partial charge in [0.2, 0.25) is 0 Å². The molecule has 1 N–H and O–H groups in total. The summed E-state index contributed by atoms with van der Waals surface area (Å²) < 4.78 is 6.59. The first-order chi connectivity index (χ1) is 9.19. The molecule has 7 nitrogen and oxygen atoms in total. The summed E-state index contributed by atoms with van der Waals surface area (Å²) in [5.74, 6) is 0.222. The molecule has 0 unspecified atom stereocenters. The van der Waals surface area contributed by atoms with Crippen molar-refractivity contribution in [1.29, 1.82) is 0 Å². The summed E-state index contributed by atoms with van der Waals surface area (Å²) in [6.07, 6.45) is 0.553. The Bertz CT molecular complexity index is 550. The summed E-state index contributed by atoms with van der Waals surface area (Å²) in [7, 11) is 1.62. The monoisotopic (exact) mass is 262 g/mol. The van der Waals surface area contributed by atoms with Crippen molar-refractivity contribution >= 4 is 5.97 Å². The predicted molar refractivity (Wildman–Crippen MR) is 65.9 cm³/mol. The number of ether oxygens (including phenoxy) is 1. The summed E-state index contributed by atoms with van der Waals surface area (Å²) in [5, 5.41) is 19.7. The molecule has 0 aliphatic heterocycles. The van der Waals surface area contributed by atoms with E-state index in [1.165, 1.54) is 4.68 Å². The molecule has 0 spiro atoms. The van der Waals surface area contributed by atoms with Gasteiger partial charge in [0.25, 0.3) is 0 Å². The van der Waals surface area contributed by atoms with E-state index in [0.717, 1.165) is 17.7 Å². The number of carboxylic acid groups (broad SMARTS) is 1. The van der Waals surface area contributed by atoms with Crippen molar-refractivity contribution in [1.82, 2.24) is 20.2 Å². The molecular weight excluding hydrogens is 248 g/mol. The Morgan fingerprint density at radius 3 is 2.74 bits per heavy atom. The molecule has 0 radical (unpaired) electrons. The molecule has 7 heteroatoms. The minimum Gasteiger partial charge on any atom is -0.497 e. The largest absolute Gasteiger partial charge is 0.497 e. The summed E-state index contributed by atoms with van der Waals surface area (Å²) in [5.41, 5.74) is 1.11. The number of hydrogen-bond donors (Lipinski definition) is 1. The highest BCUT2D eigenvalue weighted by Gasteiger charge is 2.10. The molecule has 19 heavy (non-hydrogen) atoms. The molecule has 2 aromatic rings. The van der Waals surface area contributed by atoms with E-state index in [1.54, 1.807) is 7.11 Å². The Balaban J connectivity index is 1.98. The zero-order valence-corrected chi connectivity index (χ0v) is 10.5. The van der Waals surface area contributed by atoms with Gasteiger partial charge in [-0.1, -0.05) is 12.1 Å². The fourth-order valence-electron chi connectivity index (χ4n) is 1.69. The van der Waals surface area contributed by atoms with E-state index in [1.807, 2.05) is 24.3 Å². The molecule has 0 atom stereocenters. The third-order valence-electron chi connectivity index (χ3n) is 2.69. The summed E-state index contributed by atoms with van der Waals surface area (Å²) in [6.45, 7) is 0.544. The van der Waals surface area contributed by atoms with Gasteiger partial charge in [-0.05, 0) is 34.5 Å². The lowest BCUT2D eigenvalue weighted by Gasteiger charge is -2.04. The normalized spacial score (nSPS) is 10.4. The maximum atomic E-state index is 10.6. The van der Waals surface area contributed by atoms with Crippen molar-refractivity contribution in [2.45, 2.75) is 19.4 Å². The minimum absolute atomic E-state index is 0.171. The van der Waals surface area contributed by atoms with Crippen molar-refractivity contribution in [3.05, 3.63) is 35.7 Å². The molecular formula is C12H14N4O3. The van der Waals surface area contributed by atoms with Crippen molar-refractivity contribution in [2.24, 2.45) is 0 Å². The first-order valence-electron chi connectivity index (χ1n) is 5.79. The van der Waals surface area contributed by atoms with Crippen LogP contribution in [0, 0.1) is 0 Å². The Morgan fingerprint density at radius 1 is 1.37 bits per heavy atom. The summed E-state index contributed by atoms with van der Waals surface area (Å²) >= 11 is 0. The SMILES string of the molecule is COc1ccc(CCn2nnnc2CC(=O)O)cc1. The average molecular weight is 262 g/mol. The Hall–Kier alpha value is -2.44. The van der Waals surface area contributed by atoms with E-state index in [9.17, 15) is 4.79 Å². The number of tetrazole rings is 1. The van der Waals surface area contributed by atoms with Crippen molar-refractivity contribution in [2.75, 3.05) is 7.11 Å². The van der Waals surface area contributed by atoms with Gasteiger partial charge in [0.1, 0.15) is 12.2 Å². The molecule has 1 aromatic heterocycles. The van der Waals surface area contributed by atoms with Crippen LogP contribution in [0.1, 0.15) is 11.4 Å². The number of aryl methyl sites for hydroxylation is 2. The van der Waals surface area contributed by atoms with Crippen molar-refractivity contribution in [3.8, 4) is 5.75 Å². The topological polar surface area (TPSA) is 90.1 Å². The van der Waals surface area contributed by atoms with E-state index < -0.39 is 5.97 Å². The zero-order chi connectivity index (χ0) is 13.7. The van der Waals surface area contributed by atoms with Crippen LogP contribution >= 0.6 is 0 Å². The highest BCUT2D eigenvalue weighted by Crippen LogP contribution is 2.12. The van der Waals surface area contributed by atoms with Crippen LogP contribution in [-0.2, 0) is 24.2 Å². The third kappa shape index (κ3) is 3.51. The van der Waals surface area contributed by atoms with Crippen LogP contribution in [0.15, 0.2) is 24.3 Å². The Labute approximate surface area is 109 Å².